The number of aromatic hydroxyl groups is 1. The first-order chi connectivity index (χ1) is 17.7. The smallest absolute Gasteiger partial charge is 0.492 e. The Bertz CT molecular complexity index is 1290. The van der Waals surface area contributed by atoms with Crippen LogP contribution in [0.2, 0.25) is 0 Å². The summed E-state index contributed by atoms with van der Waals surface area (Å²) in [7, 11) is -0.682. The number of amides is 1. The zero-order chi connectivity index (χ0) is 26.2. The molecule has 1 aliphatic heterocycles. The normalized spacial score (nSPS) is 17.8. The average molecular weight is 497 g/mol. The van der Waals surface area contributed by atoms with Crippen LogP contribution >= 0.6 is 0 Å². The molecular formula is C30H32BNO5. The molecule has 2 N–H and O–H groups in total. The summed E-state index contributed by atoms with van der Waals surface area (Å²) in [5, 5.41) is 13.2. The van der Waals surface area contributed by atoms with Crippen LogP contribution in [0.3, 0.4) is 0 Å². The van der Waals surface area contributed by atoms with Crippen molar-refractivity contribution in [3.8, 4) is 16.9 Å². The highest BCUT2D eigenvalue weighted by atomic mass is 16.7. The van der Waals surface area contributed by atoms with E-state index < -0.39 is 24.4 Å². The van der Waals surface area contributed by atoms with E-state index in [1.807, 2.05) is 58.0 Å². The number of benzene rings is 3. The second kappa shape index (κ2) is 9.73. The third-order valence-corrected chi connectivity index (χ3v) is 7.61. The molecule has 0 atom stereocenters. The fourth-order valence-corrected chi connectivity index (χ4v) is 4.83. The standard InChI is InChI=1S/C30H32BNO5/c1-29(2)30(3,4)37-31(36-29)21(17-20-11-5-10-16-27(20)33)18-32-28(34)35-19-26-24-14-8-6-12-22(24)23-13-7-9-15-25(23)26/h5-17,26,33H,18-19H2,1-4H3,(H,32,34). The van der Waals surface area contributed by atoms with Crippen molar-refractivity contribution in [3.63, 3.8) is 0 Å². The molecule has 0 saturated carbocycles. The fourth-order valence-electron chi connectivity index (χ4n) is 4.83. The molecule has 37 heavy (non-hydrogen) atoms. The van der Waals surface area contributed by atoms with Crippen LogP contribution in [0.5, 0.6) is 5.75 Å². The van der Waals surface area contributed by atoms with E-state index in [2.05, 4.69) is 29.6 Å². The zero-order valence-corrected chi connectivity index (χ0v) is 21.7. The summed E-state index contributed by atoms with van der Waals surface area (Å²) in [6, 6.07) is 23.5. The number of ether oxygens (including phenoxy) is 1. The van der Waals surface area contributed by atoms with E-state index in [1.165, 1.54) is 11.1 Å². The summed E-state index contributed by atoms with van der Waals surface area (Å²) >= 11 is 0. The first-order valence-electron chi connectivity index (χ1n) is 12.6. The van der Waals surface area contributed by atoms with Crippen LogP contribution in [0.4, 0.5) is 4.79 Å². The molecule has 7 heteroatoms. The van der Waals surface area contributed by atoms with Crippen molar-refractivity contribution in [2.45, 2.75) is 44.8 Å². The summed E-state index contributed by atoms with van der Waals surface area (Å²) in [6.07, 6.45) is 1.27. The van der Waals surface area contributed by atoms with Gasteiger partial charge in [-0.3, -0.25) is 0 Å². The van der Waals surface area contributed by atoms with Crippen molar-refractivity contribution in [2.75, 3.05) is 13.2 Å². The molecule has 6 nitrogen and oxygen atoms in total. The second-order valence-electron chi connectivity index (χ2n) is 10.5. The van der Waals surface area contributed by atoms with Gasteiger partial charge in [0.2, 0.25) is 0 Å². The number of carbonyl (C=O) groups is 1. The SMILES string of the molecule is CC1(C)OB(C(=Cc2ccccc2O)CNC(=O)OCC2c3ccccc3-c3ccccc32)OC1(C)C. The number of para-hydroxylation sites is 1. The van der Waals surface area contributed by atoms with Crippen molar-refractivity contribution in [2.24, 2.45) is 0 Å². The number of phenolic OH excluding ortho intramolecular Hbond substituents is 1. The third-order valence-electron chi connectivity index (χ3n) is 7.61. The molecule has 0 bridgehead atoms. The Morgan fingerprint density at radius 2 is 1.46 bits per heavy atom. The van der Waals surface area contributed by atoms with Gasteiger partial charge in [-0.2, -0.15) is 0 Å². The van der Waals surface area contributed by atoms with Crippen LogP contribution < -0.4 is 5.32 Å². The number of hydrogen-bond acceptors (Lipinski definition) is 5. The molecule has 2 aliphatic rings. The Balaban J connectivity index is 1.30. The molecule has 5 rings (SSSR count). The van der Waals surface area contributed by atoms with Crippen LogP contribution in [0.25, 0.3) is 17.2 Å². The summed E-state index contributed by atoms with van der Waals surface area (Å²) in [5.74, 6) is 0.121. The Morgan fingerprint density at radius 1 is 0.919 bits per heavy atom. The van der Waals surface area contributed by atoms with Crippen molar-refractivity contribution in [1.82, 2.24) is 5.32 Å². The van der Waals surface area contributed by atoms with Crippen LogP contribution in [0.1, 0.15) is 50.3 Å². The number of phenols is 1. The van der Waals surface area contributed by atoms with E-state index in [0.29, 0.717) is 11.0 Å². The average Bonchev–Trinajstić information content (AvgIpc) is 3.30. The van der Waals surface area contributed by atoms with E-state index in [-0.39, 0.29) is 24.8 Å². The molecule has 0 radical (unpaired) electrons. The van der Waals surface area contributed by atoms with E-state index in [4.69, 9.17) is 14.0 Å². The first kappa shape index (κ1) is 25.1. The molecule has 0 spiro atoms. The number of fused-ring (bicyclic) bond motifs is 3. The molecule has 190 valence electrons. The zero-order valence-electron chi connectivity index (χ0n) is 21.7. The van der Waals surface area contributed by atoms with Crippen LogP contribution in [-0.2, 0) is 14.0 Å². The van der Waals surface area contributed by atoms with Gasteiger partial charge in [0.15, 0.2) is 0 Å². The van der Waals surface area contributed by atoms with Crippen LogP contribution in [0.15, 0.2) is 78.3 Å². The lowest BCUT2D eigenvalue weighted by Gasteiger charge is -2.32. The highest BCUT2D eigenvalue weighted by Gasteiger charge is 2.52. The molecular weight excluding hydrogens is 465 g/mol. The van der Waals surface area contributed by atoms with Crippen molar-refractivity contribution >= 4 is 19.3 Å². The third kappa shape index (κ3) is 4.89. The van der Waals surface area contributed by atoms with Gasteiger partial charge >= 0.3 is 13.2 Å². The van der Waals surface area contributed by atoms with Gasteiger partial charge < -0.3 is 24.5 Å². The molecule has 1 saturated heterocycles. The quantitative estimate of drug-likeness (QED) is 0.412. The van der Waals surface area contributed by atoms with Crippen molar-refractivity contribution < 1.29 is 23.9 Å². The highest BCUT2D eigenvalue weighted by molar-refractivity contribution is 6.56. The maximum absolute atomic E-state index is 12.8. The summed E-state index contributed by atoms with van der Waals surface area (Å²) in [5.41, 5.74) is 4.89. The summed E-state index contributed by atoms with van der Waals surface area (Å²) < 4.78 is 18.2. The van der Waals surface area contributed by atoms with Gasteiger partial charge in [0.25, 0.3) is 0 Å². The van der Waals surface area contributed by atoms with E-state index in [9.17, 15) is 9.90 Å². The molecule has 0 aromatic heterocycles. The predicted molar refractivity (Wildman–Crippen MR) is 145 cm³/mol. The maximum atomic E-state index is 12.8. The van der Waals surface area contributed by atoms with Crippen LogP contribution in [-0.4, -0.2) is 42.7 Å². The van der Waals surface area contributed by atoms with Gasteiger partial charge in [-0.15, -0.1) is 0 Å². The second-order valence-corrected chi connectivity index (χ2v) is 10.5. The fraction of sp³-hybridized carbons (Fsp3) is 0.300. The van der Waals surface area contributed by atoms with Gasteiger partial charge in [-0.25, -0.2) is 4.79 Å². The minimum atomic E-state index is -0.682. The molecule has 1 fully saturated rings. The molecule has 3 aromatic rings. The van der Waals surface area contributed by atoms with Gasteiger partial charge in [0.05, 0.1) is 11.2 Å². The number of alkyl carbamates (subject to hydrolysis) is 1. The van der Waals surface area contributed by atoms with Gasteiger partial charge in [0, 0.05) is 18.0 Å². The van der Waals surface area contributed by atoms with Gasteiger partial charge in [0.1, 0.15) is 12.4 Å². The highest BCUT2D eigenvalue weighted by Crippen LogP contribution is 2.44. The maximum Gasteiger partial charge on any atom is 0.492 e. The lowest BCUT2D eigenvalue weighted by molar-refractivity contribution is 0.00578. The number of nitrogens with one attached hydrogen (secondary N) is 1. The first-order valence-corrected chi connectivity index (χ1v) is 12.6. The minimum Gasteiger partial charge on any atom is -0.507 e. The van der Waals surface area contributed by atoms with E-state index >= 15 is 0 Å². The van der Waals surface area contributed by atoms with E-state index in [1.54, 1.807) is 24.3 Å². The monoisotopic (exact) mass is 497 g/mol. The Hall–Kier alpha value is -3.55. The summed E-state index contributed by atoms with van der Waals surface area (Å²) in [4.78, 5) is 12.8. The Labute approximate surface area is 218 Å². The topological polar surface area (TPSA) is 77.0 Å². The largest absolute Gasteiger partial charge is 0.507 e. The number of rotatable bonds is 6. The van der Waals surface area contributed by atoms with E-state index in [0.717, 1.165) is 11.1 Å². The lowest BCUT2D eigenvalue weighted by Crippen LogP contribution is -2.41. The Kier molecular flexibility index (Phi) is 6.60. The van der Waals surface area contributed by atoms with Gasteiger partial charge in [-0.05, 0) is 61.5 Å². The summed E-state index contributed by atoms with van der Waals surface area (Å²) in [6.45, 7) is 8.27. The van der Waals surface area contributed by atoms with Crippen LogP contribution in [0, 0.1) is 0 Å². The van der Waals surface area contributed by atoms with Gasteiger partial charge in [-0.1, -0.05) is 72.8 Å². The Morgan fingerprint density at radius 3 is 2.05 bits per heavy atom. The number of carbonyl (C=O) groups excluding carboxylic acids is 1. The lowest BCUT2D eigenvalue weighted by atomic mass is 9.77. The molecule has 0 unspecified atom stereocenters. The van der Waals surface area contributed by atoms with Crippen molar-refractivity contribution in [1.29, 1.82) is 0 Å². The predicted octanol–water partition coefficient (Wildman–Crippen LogP) is 5.95. The molecule has 1 aliphatic carbocycles. The molecule has 1 amide bonds. The molecule has 1 heterocycles. The minimum absolute atomic E-state index is 0.0162. The van der Waals surface area contributed by atoms with Crippen molar-refractivity contribution in [3.05, 3.63) is 95.0 Å². The number of hydrogen-bond donors (Lipinski definition) is 2. The molecule has 3 aromatic carbocycles.